The first kappa shape index (κ1) is 17.6. The summed E-state index contributed by atoms with van der Waals surface area (Å²) in [4.78, 5) is 4.09. The quantitative estimate of drug-likeness (QED) is 0.625. The second-order valence-electron chi connectivity index (χ2n) is 4.44. The van der Waals surface area contributed by atoms with Crippen LogP contribution >= 0.6 is 0 Å². The van der Waals surface area contributed by atoms with Gasteiger partial charge in [0.1, 0.15) is 13.2 Å². The van der Waals surface area contributed by atoms with Gasteiger partial charge < -0.3 is 39.6 Å². The number of nitrogens with one attached hydrogen (secondary N) is 1. The summed E-state index contributed by atoms with van der Waals surface area (Å²) in [6.07, 6.45) is 3.65. The average molecular weight is 327 g/mol. The van der Waals surface area contributed by atoms with Crippen molar-refractivity contribution in [2.75, 3.05) is 13.2 Å². The van der Waals surface area contributed by atoms with Gasteiger partial charge in [-0.15, -0.1) is 0 Å². The Balaban J connectivity index is 0.00000110. The van der Waals surface area contributed by atoms with Crippen LogP contribution in [0.2, 0.25) is 0 Å². The van der Waals surface area contributed by atoms with E-state index in [-0.39, 0.29) is 24.8 Å². The standard InChI is InChI=1S/C15H16N2O2.2ClH/c1-2-13(10-16-5-1)11-17-9-12-3-4-14-15(8-12)19-7-6-18-14;;/h1-5,8,10,17H,6-7,9,11H2;2*1H/p-2. The van der Waals surface area contributed by atoms with E-state index in [1.54, 1.807) is 6.20 Å². The minimum absolute atomic E-state index is 0. The van der Waals surface area contributed by atoms with Crippen LogP contribution in [0.4, 0.5) is 0 Å². The van der Waals surface area contributed by atoms with Gasteiger partial charge in [-0.2, -0.15) is 0 Å². The van der Waals surface area contributed by atoms with E-state index in [1.165, 1.54) is 11.1 Å². The molecule has 21 heavy (non-hydrogen) atoms. The van der Waals surface area contributed by atoms with Gasteiger partial charge in [-0.1, -0.05) is 12.1 Å². The van der Waals surface area contributed by atoms with E-state index in [9.17, 15) is 0 Å². The van der Waals surface area contributed by atoms with Crippen molar-refractivity contribution in [3.8, 4) is 11.5 Å². The van der Waals surface area contributed by atoms with Gasteiger partial charge in [0.15, 0.2) is 11.5 Å². The van der Waals surface area contributed by atoms with Crippen molar-refractivity contribution in [2.24, 2.45) is 0 Å². The number of nitrogens with zero attached hydrogens (tertiary/aromatic N) is 1. The Kier molecular flexibility index (Phi) is 7.29. The van der Waals surface area contributed by atoms with Crippen molar-refractivity contribution in [3.63, 3.8) is 0 Å². The fourth-order valence-electron chi connectivity index (χ4n) is 2.05. The summed E-state index contributed by atoms with van der Waals surface area (Å²) in [7, 11) is 0. The highest BCUT2D eigenvalue weighted by molar-refractivity contribution is 5.43. The van der Waals surface area contributed by atoms with E-state index in [0.717, 1.165) is 24.6 Å². The van der Waals surface area contributed by atoms with Crippen LogP contribution in [0.15, 0.2) is 42.7 Å². The number of halogens is 2. The molecule has 4 nitrogen and oxygen atoms in total. The fourth-order valence-corrected chi connectivity index (χ4v) is 2.05. The number of pyridine rings is 1. The third-order valence-corrected chi connectivity index (χ3v) is 2.99. The highest BCUT2D eigenvalue weighted by Crippen LogP contribution is 2.30. The number of ether oxygens (including phenoxy) is 2. The van der Waals surface area contributed by atoms with Crippen molar-refractivity contribution in [3.05, 3.63) is 53.9 Å². The maximum atomic E-state index is 5.57. The Labute approximate surface area is 136 Å². The average Bonchev–Trinajstić information content (AvgIpc) is 2.48. The zero-order chi connectivity index (χ0) is 12.9. The number of hydrogen-bond acceptors (Lipinski definition) is 4. The normalized spacial score (nSPS) is 12.0. The van der Waals surface area contributed by atoms with Gasteiger partial charge in [-0.05, 0) is 29.3 Å². The van der Waals surface area contributed by atoms with Gasteiger partial charge in [0, 0.05) is 25.5 Å². The molecular formula is C15H16Cl2N2O2-2. The molecule has 0 radical (unpaired) electrons. The monoisotopic (exact) mass is 326 g/mol. The number of hydrogen-bond donors (Lipinski definition) is 1. The summed E-state index contributed by atoms with van der Waals surface area (Å²) < 4.78 is 11.1. The number of fused-ring (bicyclic) bond motifs is 1. The molecule has 0 fully saturated rings. The summed E-state index contributed by atoms with van der Waals surface area (Å²) in [6, 6.07) is 10.1. The first-order valence-electron chi connectivity index (χ1n) is 6.40. The molecule has 0 spiro atoms. The fraction of sp³-hybridized carbons (Fsp3) is 0.267. The second kappa shape index (κ2) is 8.72. The highest BCUT2D eigenvalue weighted by atomic mass is 35.5. The molecule has 0 saturated carbocycles. The molecule has 0 saturated heterocycles. The lowest BCUT2D eigenvalue weighted by Gasteiger charge is -2.19. The summed E-state index contributed by atoms with van der Waals surface area (Å²) in [5.41, 5.74) is 2.37. The molecule has 1 N–H and O–H groups in total. The Morgan fingerprint density at radius 2 is 1.71 bits per heavy atom. The van der Waals surface area contributed by atoms with E-state index in [2.05, 4.69) is 22.4 Å². The summed E-state index contributed by atoms with van der Waals surface area (Å²) in [5.74, 6) is 1.68. The van der Waals surface area contributed by atoms with Crippen LogP contribution in [-0.4, -0.2) is 18.2 Å². The lowest BCUT2D eigenvalue weighted by Crippen LogP contribution is -3.00. The molecule has 0 aliphatic carbocycles. The maximum Gasteiger partial charge on any atom is 0.161 e. The van der Waals surface area contributed by atoms with Gasteiger partial charge in [-0.25, -0.2) is 0 Å². The molecule has 0 atom stereocenters. The van der Waals surface area contributed by atoms with Crippen LogP contribution in [0.3, 0.4) is 0 Å². The minimum Gasteiger partial charge on any atom is -1.00 e. The van der Waals surface area contributed by atoms with Crippen LogP contribution in [0.5, 0.6) is 11.5 Å². The van der Waals surface area contributed by atoms with Gasteiger partial charge in [0.05, 0.1) is 0 Å². The van der Waals surface area contributed by atoms with E-state index < -0.39 is 0 Å². The zero-order valence-corrected chi connectivity index (χ0v) is 12.9. The Hall–Kier alpha value is -1.49. The van der Waals surface area contributed by atoms with Gasteiger partial charge in [-0.3, -0.25) is 4.98 Å². The first-order valence-corrected chi connectivity index (χ1v) is 6.40. The lowest BCUT2D eigenvalue weighted by atomic mass is 10.2. The molecule has 6 heteroatoms. The van der Waals surface area contributed by atoms with Crippen molar-refractivity contribution in [2.45, 2.75) is 13.1 Å². The summed E-state index contributed by atoms with van der Waals surface area (Å²) in [6.45, 7) is 2.86. The predicted molar refractivity (Wildman–Crippen MR) is 72.2 cm³/mol. The number of aromatic nitrogens is 1. The van der Waals surface area contributed by atoms with Crippen molar-refractivity contribution in [1.82, 2.24) is 10.3 Å². The summed E-state index contributed by atoms with van der Waals surface area (Å²) in [5, 5.41) is 3.39. The number of benzene rings is 1. The smallest absolute Gasteiger partial charge is 0.161 e. The van der Waals surface area contributed by atoms with Gasteiger partial charge in [0.25, 0.3) is 0 Å². The molecule has 1 aromatic heterocycles. The van der Waals surface area contributed by atoms with Crippen molar-refractivity contribution < 1.29 is 34.3 Å². The zero-order valence-electron chi connectivity index (χ0n) is 11.4. The molecule has 0 unspecified atom stereocenters. The van der Waals surface area contributed by atoms with Crippen molar-refractivity contribution >= 4 is 0 Å². The van der Waals surface area contributed by atoms with Gasteiger partial charge >= 0.3 is 0 Å². The highest BCUT2D eigenvalue weighted by Gasteiger charge is 2.11. The second-order valence-corrected chi connectivity index (χ2v) is 4.44. The van der Waals surface area contributed by atoms with Crippen LogP contribution in [0, 0.1) is 0 Å². The molecule has 0 bridgehead atoms. The topological polar surface area (TPSA) is 43.4 Å². The van der Waals surface area contributed by atoms with Crippen molar-refractivity contribution in [1.29, 1.82) is 0 Å². The van der Waals surface area contributed by atoms with Crippen LogP contribution in [-0.2, 0) is 13.1 Å². The third-order valence-electron chi connectivity index (χ3n) is 2.99. The van der Waals surface area contributed by atoms with E-state index >= 15 is 0 Å². The molecule has 0 amide bonds. The van der Waals surface area contributed by atoms with Crippen LogP contribution in [0.25, 0.3) is 0 Å². The van der Waals surface area contributed by atoms with Gasteiger partial charge in [0.2, 0.25) is 0 Å². The summed E-state index contributed by atoms with van der Waals surface area (Å²) >= 11 is 0. The molecule has 3 rings (SSSR count). The molecule has 114 valence electrons. The maximum absolute atomic E-state index is 5.57. The molecular weight excluding hydrogens is 311 g/mol. The lowest BCUT2D eigenvalue weighted by molar-refractivity contribution is -0.001000. The Morgan fingerprint density at radius 1 is 0.952 bits per heavy atom. The van der Waals surface area contributed by atoms with Crippen LogP contribution in [0.1, 0.15) is 11.1 Å². The number of rotatable bonds is 4. The Morgan fingerprint density at radius 3 is 2.48 bits per heavy atom. The molecule has 2 heterocycles. The van der Waals surface area contributed by atoms with E-state index in [1.807, 2.05) is 24.4 Å². The molecule has 1 aliphatic rings. The van der Waals surface area contributed by atoms with E-state index in [0.29, 0.717) is 13.2 Å². The SMILES string of the molecule is [Cl-].[Cl-].c1cncc(CNCc2ccc3c(c2)OCCO3)c1. The Bertz CT molecular complexity index is 553. The first-order chi connectivity index (χ1) is 9.42. The minimum atomic E-state index is 0. The molecule has 1 aliphatic heterocycles. The predicted octanol–water partition coefficient (Wildman–Crippen LogP) is -3.85. The molecule has 2 aromatic rings. The van der Waals surface area contributed by atoms with Crippen LogP contribution < -0.4 is 39.6 Å². The third kappa shape index (κ3) is 4.77. The largest absolute Gasteiger partial charge is 1.00 e. The molecule has 1 aromatic carbocycles. The van der Waals surface area contributed by atoms with E-state index in [4.69, 9.17) is 9.47 Å².